The molecule has 1 unspecified atom stereocenters. The van der Waals surface area contributed by atoms with Crippen LogP contribution >= 0.6 is 11.6 Å². The van der Waals surface area contributed by atoms with E-state index in [9.17, 15) is 0 Å². The predicted molar refractivity (Wildman–Crippen MR) is 88.8 cm³/mol. The van der Waals surface area contributed by atoms with Crippen molar-refractivity contribution < 1.29 is 0 Å². The first-order valence-electron chi connectivity index (χ1n) is 8.17. The van der Waals surface area contributed by atoms with E-state index >= 15 is 0 Å². The van der Waals surface area contributed by atoms with Crippen LogP contribution in [-0.2, 0) is 13.1 Å². The first kappa shape index (κ1) is 16.8. The maximum absolute atomic E-state index is 6.50. The molecule has 1 fully saturated rings. The smallest absolute Gasteiger partial charge is 0.0860 e. The van der Waals surface area contributed by atoms with Gasteiger partial charge in [0, 0.05) is 37.8 Å². The van der Waals surface area contributed by atoms with Gasteiger partial charge in [0.15, 0.2) is 0 Å². The molecule has 1 aromatic rings. The highest BCUT2D eigenvalue weighted by molar-refractivity contribution is 6.31. The summed E-state index contributed by atoms with van der Waals surface area (Å²) in [5.74, 6) is 0. The number of piperazine rings is 1. The monoisotopic (exact) mass is 312 g/mol. The van der Waals surface area contributed by atoms with Gasteiger partial charge in [-0.05, 0) is 33.6 Å². The molecule has 1 aliphatic heterocycles. The van der Waals surface area contributed by atoms with Crippen LogP contribution in [-0.4, -0.2) is 39.4 Å². The third kappa shape index (κ3) is 3.13. The van der Waals surface area contributed by atoms with Crippen molar-refractivity contribution in [3.8, 4) is 0 Å². The van der Waals surface area contributed by atoms with Gasteiger partial charge < -0.3 is 5.32 Å². The van der Waals surface area contributed by atoms with Gasteiger partial charge in [0.1, 0.15) is 0 Å². The fraction of sp³-hybridized carbons (Fsp3) is 0.812. The molecule has 0 radical (unpaired) electrons. The number of hydrogen-bond donors (Lipinski definition) is 1. The van der Waals surface area contributed by atoms with E-state index in [0.717, 1.165) is 55.4 Å². The topological polar surface area (TPSA) is 33.1 Å². The van der Waals surface area contributed by atoms with Crippen LogP contribution in [0.25, 0.3) is 0 Å². The van der Waals surface area contributed by atoms with E-state index in [1.165, 1.54) is 0 Å². The van der Waals surface area contributed by atoms with E-state index in [0.29, 0.717) is 6.04 Å². The maximum Gasteiger partial charge on any atom is 0.0860 e. The zero-order valence-corrected chi connectivity index (χ0v) is 14.8. The standard InChI is InChI=1S/C16H29ClN4/c1-6-16(7-2)11-18-12(4)9-20(16)10-14-15(17)13(5)19-21(14)8-3/h12,18H,6-11H2,1-5H3. The van der Waals surface area contributed by atoms with Gasteiger partial charge in [0.2, 0.25) is 0 Å². The van der Waals surface area contributed by atoms with Crippen LogP contribution < -0.4 is 5.32 Å². The Balaban J connectivity index is 2.30. The summed E-state index contributed by atoms with van der Waals surface area (Å²) in [5.41, 5.74) is 2.33. The van der Waals surface area contributed by atoms with E-state index in [-0.39, 0.29) is 5.54 Å². The van der Waals surface area contributed by atoms with Gasteiger partial charge in [0.05, 0.1) is 16.4 Å². The number of nitrogens with one attached hydrogen (secondary N) is 1. The van der Waals surface area contributed by atoms with Crippen LogP contribution in [0.2, 0.25) is 5.02 Å². The Morgan fingerprint density at radius 1 is 1.33 bits per heavy atom. The molecule has 1 N–H and O–H groups in total. The third-order valence-electron chi connectivity index (χ3n) is 5.05. The number of halogens is 1. The molecule has 0 bridgehead atoms. The van der Waals surface area contributed by atoms with Crippen molar-refractivity contribution in [2.45, 2.75) is 72.1 Å². The molecule has 1 aliphatic rings. The maximum atomic E-state index is 6.50. The number of rotatable bonds is 5. The minimum Gasteiger partial charge on any atom is -0.311 e. The average molecular weight is 313 g/mol. The number of aromatic nitrogens is 2. The molecular weight excluding hydrogens is 284 g/mol. The van der Waals surface area contributed by atoms with Crippen molar-refractivity contribution in [3.05, 3.63) is 16.4 Å². The Bertz CT molecular complexity index is 479. The molecule has 1 saturated heterocycles. The van der Waals surface area contributed by atoms with E-state index in [2.05, 4.69) is 47.7 Å². The van der Waals surface area contributed by atoms with Crippen molar-refractivity contribution in [2.24, 2.45) is 0 Å². The normalized spacial score (nSPS) is 22.7. The highest BCUT2D eigenvalue weighted by Gasteiger charge is 2.38. The summed E-state index contributed by atoms with van der Waals surface area (Å²) in [6, 6.07) is 0.522. The predicted octanol–water partition coefficient (Wildman–Crippen LogP) is 3.22. The highest BCUT2D eigenvalue weighted by Crippen LogP contribution is 2.31. The minimum atomic E-state index is 0.229. The van der Waals surface area contributed by atoms with Gasteiger partial charge in [-0.2, -0.15) is 5.10 Å². The van der Waals surface area contributed by atoms with Crippen molar-refractivity contribution in [2.75, 3.05) is 13.1 Å². The lowest BCUT2D eigenvalue weighted by Gasteiger charge is -2.49. The quantitative estimate of drug-likeness (QED) is 0.906. The van der Waals surface area contributed by atoms with E-state index in [1.54, 1.807) is 0 Å². The second-order valence-corrected chi connectivity index (χ2v) is 6.63. The summed E-state index contributed by atoms with van der Waals surface area (Å²) < 4.78 is 2.06. The highest BCUT2D eigenvalue weighted by atomic mass is 35.5. The summed E-state index contributed by atoms with van der Waals surface area (Å²) >= 11 is 6.50. The van der Waals surface area contributed by atoms with Gasteiger partial charge in [-0.1, -0.05) is 25.4 Å². The average Bonchev–Trinajstić information content (AvgIpc) is 2.76. The van der Waals surface area contributed by atoms with Crippen LogP contribution in [0.15, 0.2) is 0 Å². The van der Waals surface area contributed by atoms with Crippen LogP contribution in [0, 0.1) is 6.92 Å². The van der Waals surface area contributed by atoms with Crippen molar-refractivity contribution in [1.29, 1.82) is 0 Å². The summed E-state index contributed by atoms with van der Waals surface area (Å²) in [5, 5.41) is 9.03. The number of hydrogen-bond acceptors (Lipinski definition) is 3. The van der Waals surface area contributed by atoms with Gasteiger partial charge in [0.25, 0.3) is 0 Å². The van der Waals surface area contributed by atoms with Gasteiger partial charge in [-0.25, -0.2) is 0 Å². The molecule has 0 amide bonds. The molecular formula is C16H29ClN4. The lowest BCUT2D eigenvalue weighted by atomic mass is 9.87. The molecule has 5 heteroatoms. The molecule has 120 valence electrons. The fourth-order valence-corrected chi connectivity index (χ4v) is 3.64. The molecule has 0 aliphatic carbocycles. The molecule has 2 rings (SSSR count). The van der Waals surface area contributed by atoms with Crippen LogP contribution in [0.3, 0.4) is 0 Å². The summed E-state index contributed by atoms with van der Waals surface area (Å²) in [6.45, 7) is 14.8. The van der Waals surface area contributed by atoms with E-state index < -0.39 is 0 Å². The first-order valence-corrected chi connectivity index (χ1v) is 8.55. The second kappa shape index (κ2) is 6.67. The Kier molecular flexibility index (Phi) is 5.33. The second-order valence-electron chi connectivity index (χ2n) is 6.26. The summed E-state index contributed by atoms with van der Waals surface area (Å²) in [7, 11) is 0. The minimum absolute atomic E-state index is 0.229. The molecule has 2 heterocycles. The van der Waals surface area contributed by atoms with Crippen molar-refractivity contribution >= 4 is 11.6 Å². The largest absolute Gasteiger partial charge is 0.311 e. The molecule has 1 aromatic heterocycles. The zero-order valence-electron chi connectivity index (χ0n) is 14.0. The first-order chi connectivity index (χ1) is 9.97. The van der Waals surface area contributed by atoms with Gasteiger partial charge in [-0.15, -0.1) is 0 Å². The molecule has 1 atom stereocenters. The Hall–Kier alpha value is -0.580. The fourth-order valence-electron chi connectivity index (χ4n) is 3.45. The lowest BCUT2D eigenvalue weighted by molar-refractivity contribution is 0.0258. The Labute approximate surface area is 133 Å². The number of aryl methyl sites for hydroxylation is 2. The third-order valence-corrected chi connectivity index (χ3v) is 5.55. The Morgan fingerprint density at radius 2 is 2.00 bits per heavy atom. The van der Waals surface area contributed by atoms with Gasteiger partial charge in [-0.3, -0.25) is 9.58 Å². The molecule has 0 saturated carbocycles. The summed E-state index contributed by atoms with van der Waals surface area (Å²) in [6.07, 6.45) is 2.31. The lowest BCUT2D eigenvalue weighted by Crippen LogP contribution is -2.63. The molecule has 21 heavy (non-hydrogen) atoms. The van der Waals surface area contributed by atoms with Crippen LogP contribution in [0.4, 0.5) is 0 Å². The Morgan fingerprint density at radius 3 is 2.57 bits per heavy atom. The van der Waals surface area contributed by atoms with Crippen molar-refractivity contribution in [1.82, 2.24) is 20.0 Å². The van der Waals surface area contributed by atoms with Gasteiger partial charge >= 0.3 is 0 Å². The zero-order chi connectivity index (χ0) is 15.6. The van der Waals surface area contributed by atoms with Crippen LogP contribution in [0.5, 0.6) is 0 Å². The van der Waals surface area contributed by atoms with Crippen molar-refractivity contribution in [3.63, 3.8) is 0 Å². The number of nitrogens with zero attached hydrogens (tertiary/aromatic N) is 3. The molecule has 0 spiro atoms. The SMILES string of the molecule is CCn1nc(C)c(Cl)c1CN1CC(C)NCC1(CC)CC. The molecule has 0 aromatic carbocycles. The van der Waals surface area contributed by atoms with E-state index in [4.69, 9.17) is 11.6 Å². The van der Waals surface area contributed by atoms with Crippen LogP contribution in [0.1, 0.15) is 51.9 Å². The molecule has 4 nitrogen and oxygen atoms in total. The van der Waals surface area contributed by atoms with E-state index in [1.807, 2.05) is 6.92 Å². The summed E-state index contributed by atoms with van der Waals surface area (Å²) in [4.78, 5) is 2.61.